The predicted octanol–water partition coefficient (Wildman–Crippen LogP) is 1.65. The van der Waals surface area contributed by atoms with Crippen molar-refractivity contribution >= 4 is 0 Å². The summed E-state index contributed by atoms with van der Waals surface area (Å²) in [6, 6.07) is 0.645. The van der Waals surface area contributed by atoms with Crippen LogP contribution in [0.5, 0.6) is 0 Å². The van der Waals surface area contributed by atoms with Crippen molar-refractivity contribution in [3.8, 4) is 0 Å². The van der Waals surface area contributed by atoms with Crippen molar-refractivity contribution in [2.75, 3.05) is 0 Å². The SMILES string of the molecule is Cc1nnc(CNC2CCC(C)C2C)n1C. The number of rotatable bonds is 3. The predicted molar refractivity (Wildman–Crippen MR) is 63.9 cm³/mol. The van der Waals surface area contributed by atoms with Crippen LogP contribution in [-0.2, 0) is 13.6 Å². The Balaban J connectivity index is 1.91. The van der Waals surface area contributed by atoms with E-state index in [1.807, 2.05) is 14.0 Å². The second-order valence-electron chi connectivity index (χ2n) is 5.12. The van der Waals surface area contributed by atoms with Crippen LogP contribution in [0, 0.1) is 18.8 Å². The van der Waals surface area contributed by atoms with Gasteiger partial charge < -0.3 is 9.88 Å². The molecule has 90 valence electrons. The molecule has 1 saturated carbocycles. The Kier molecular flexibility index (Phi) is 3.28. The zero-order chi connectivity index (χ0) is 11.7. The zero-order valence-corrected chi connectivity index (χ0v) is 10.7. The molecule has 0 aromatic carbocycles. The average Bonchev–Trinajstić information content (AvgIpc) is 2.74. The Labute approximate surface area is 97.5 Å². The van der Waals surface area contributed by atoms with Gasteiger partial charge in [0.05, 0.1) is 6.54 Å². The van der Waals surface area contributed by atoms with Gasteiger partial charge in [0.2, 0.25) is 0 Å². The summed E-state index contributed by atoms with van der Waals surface area (Å²) in [4.78, 5) is 0. The van der Waals surface area contributed by atoms with E-state index in [2.05, 4.69) is 33.9 Å². The molecule has 1 aromatic heterocycles. The molecule has 1 N–H and O–H groups in total. The van der Waals surface area contributed by atoms with Crippen LogP contribution in [0.3, 0.4) is 0 Å². The van der Waals surface area contributed by atoms with Crippen LogP contribution in [-0.4, -0.2) is 20.8 Å². The van der Waals surface area contributed by atoms with E-state index in [0.29, 0.717) is 6.04 Å². The average molecular weight is 222 g/mol. The molecule has 1 heterocycles. The molecule has 4 heteroatoms. The van der Waals surface area contributed by atoms with Gasteiger partial charge in [0.25, 0.3) is 0 Å². The van der Waals surface area contributed by atoms with E-state index in [9.17, 15) is 0 Å². The second kappa shape index (κ2) is 4.53. The van der Waals surface area contributed by atoms with Crippen molar-refractivity contribution < 1.29 is 0 Å². The number of hydrogen-bond donors (Lipinski definition) is 1. The molecule has 0 bridgehead atoms. The van der Waals surface area contributed by atoms with Crippen LogP contribution in [0.25, 0.3) is 0 Å². The fourth-order valence-electron chi connectivity index (χ4n) is 2.48. The van der Waals surface area contributed by atoms with Crippen molar-refractivity contribution in [1.82, 2.24) is 20.1 Å². The molecular formula is C12H22N4. The largest absolute Gasteiger partial charge is 0.317 e. The highest BCUT2D eigenvalue weighted by molar-refractivity contribution is 4.94. The van der Waals surface area contributed by atoms with E-state index in [1.54, 1.807) is 0 Å². The van der Waals surface area contributed by atoms with Crippen molar-refractivity contribution in [1.29, 1.82) is 0 Å². The maximum Gasteiger partial charge on any atom is 0.146 e. The maximum atomic E-state index is 4.17. The molecule has 1 aromatic rings. The van der Waals surface area contributed by atoms with Crippen LogP contribution in [0.1, 0.15) is 38.3 Å². The van der Waals surface area contributed by atoms with E-state index in [0.717, 1.165) is 30.0 Å². The van der Waals surface area contributed by atoms with E-state index in [1.165, 1.54) is 12.8 Å². The minimum atomic E-state index is 0.645. The first-order valence-corrected chi connectivity index (χ1v) is 6.18. The lowest BCUT2D eigenvalue weighted by Crippen LogP contribution is -2.32. The molecule has 0 saturated heterocycles. The molecule has 1 aliphatic carbocycles. The fourth-order valence-corrected chi connectivity index (χ4v) is 2.48. The topological polar surface area (TPSA) is 42.7 Å². The highest BCUT2D eigenvalue weighted by Crippen LogP contribution is 2.31. The lowest BCUT2D eigenvalue weighted by atomic mass is 9.98. The summed E-state index contributed by atoms with van der Waals surface area (Å²) in [5.41, 5.74) is 0. The lowest BCUT2D eigenvalue weighted by Gasteiger charge is -2.19. The number of nitrogens with one attached hydrogen (secondary N) is 1. The minimum absolute atomic E-state index is 0.645. The Bertz CT molecular complexity index is 358. The molecule has 3 unspecified atom stereocenters. The Morgan fingerprint density at radius 3 is 2.56 bits per heavy atom. The van der Waals surface area contributed by atoms with Gasteiger partial charge in [-0.3, -0.25) is 0 Å². The number of nitrogens with zero attached hydrogens (tertiary/aromatic N) is 3. The standard InChI is InChI=1S/C12H22N4/c1-8-5-6-11(9(8)2)13-7-12-15-14-10(3)16(12)4/h8-9,11,13H,5-7H2,1-4H3. The smallest absolute Gasteiger partial charge is 0.146 e. The van der Waals surface area contributed by atoms with Gasteiger partial charge in [0.1, 0.15) is 11.6 Å². The first-order chi connectivity index (χ1) is 7.59. The quantitative estimate of drug-likeness (QED) is 0.845. The molecule has 2 rings (SSSR count). The normalized spacial score (nSPS) is 29.9. The lowest BCUT2D eigenvalue weighted by molar-refractivity contribution is 0.365. The van der Waals surface area contributed by atoms with Crippen molar-refractivity contribution in [3.63, 3.8) is 0 Å². The number of aryl methyl sites for hydroxylation is 1. The van der Waals surface area contributed by atoms with Gasteiger partial charge in [-0.2, -0.15) is 0 Å². The molecule has 1 fully saturated rings. The third-order valence-electron chi connectivity index (χ3n) is 4.17. The second-order valence-corrected chi connectivity index (χ2v) is 5.12. The molecule has 3 atom stereocenters. The molecule has 0 radical (unpaired) electrons. The molecule has 4 nitrogen and oxygen atoms in total. The third-order valence-corrected chi connectivity index (χ3v) is 4.17. The van der Waals surface area contributed by atoms with Crippen LogP contribution in [0.4, 0.5) is 0 Å². The molecule has 0 aliphatic heterocycles. The van der Waals surface area contributed by atoms with Gasteiger partial charge >= 0.3 is 0 Å². The van der Waals surface area contributed by atoms with Crippen molar-refractivity contribution in [2.45, 2.75) is 46.2 Å². The van der Waals surface area contributed by atoms with Crippen molar-refractivity contribution in [3.05, 3.63) is 11.6 Å². The van der Waals surface area contributed by atoms with Crippen LogP contribution < -0.4 is 5.32 Å². The van der Waals surface area contributed by atoms with Crippen LogP contribution >= 0.6 is 0 Å². The van der Waals surface area contributed by atoms with E-state index in [-0.39, 0.29) is 0 Å². The van der Waals surface area contributed by atoms with E-state index in [4.69, 9.17) is 0 Å². The molecule has 1 aliphatic rings. The van der Waals surface area contributed by atoms with E-state index >= 15 is 0 Å². The minimum Gasteiger partial charge on any atom is -0.317 e. The van der Waals surface area contributed by atoms with Gasteiger partial charge in [-0.15, -0.1) is 10.2 Å². The third kappa shape index (κ3) is 2.12. The zero-order valence-electron chi connectivity index (χ0n) is 10.7. The summed E-state index contributed by atoms with van der Waals surface area (Å²) < 4.78 is 2.05. The van der Waals surface area contributed by atoms with Gasteiger partial charge in [-0.05, 0) is 31.6 Å². The van der Waals surface area contributed by atoms with Gasteiger partial charge in [-0.1, -0.05) is 13.8 Å². The molecule has 0 spiro atoms. The summed E-state index contributed by atoms with van der Waals surface area (Å²) in [7, 11) is 2.02. The van der Waals surface area contributed by atoms with Crippen LogP contribution in [0.2, 0.25) is 0 Å². The highest BCUT2D eigenvalue weighted by Gasteiger charge is 2.29. The summed E-state index contributed by atoms with van der Waals surface area (Å²) in [5, 5.41) is 11.8. The molecule has 16 heavy (non-hydrogen) atoms. The fraction of sp³-hybridized carbons (Fsp3) is 0.833. The van der Waals surface area contributed by atoms with Crippen molar-refractivity contribution in [2.24, 2.45) is 18.9 Å². The van der Waals surface area contributed by atoms with Gasteiger partial charge in [-0.25, -0.2) is 0 Å². The summed E-state index contributed by atoms with van der Waals surface area (Å²) in [6.07, 6.45) is 2.63. The Morgan fingerprint density at radius 1 is 1.31 bits per heavy atom. The summed E-state index contributed by atoms with van der Waals surface area (Å²) >= 11 is 0. The van der Waals surface area contributed by atoms with E-state index < -0.39 is 0 Å². The molecular weight excluding hydrogens is 200 g/mol. The van der Waals surface area contributed by atoms with Gasteiger partial charge in [0.15, 0.2) is 0 Å². The highest BCUT2D eigenvalue weighted by atomic mass is 15.3. The number of aromatic nitrogens is 3. The van der Waals surface area contributed by atoms with Crippen LogP contribution in [0.15, 0.2) is 0 Å². The first-order valence-electron chi connectivity index (χ1n) is 6.18. The number of hydrogen-bond acceptors (Lipinski definition) is 3. The molecule has 0 amide bonds. The summed E-state index contributed by atoms with van der Waals surface area (Å²) in [5.74, 6) is 3.63. The Morgan fingerprint density at radius 2 is 2.06 bits per heavy atom. The van der Waals surface area contributed by atoms with Gasteiger partial charge in [0, 0.05) is 13.1 Å². The first kappa shape index (κ1) is 11.6. The Hall–Kier alpha value is -0.900. The summed E-state index contributed by atoms with van der Waals surface area (Å²) in [6.45, 7) is 7.51. The maximum absolute atomic E-state index is 4.17. The monoisotopic (exact) mass is 222 g/mol.